The van der Waals surface area contributed by atoms with Crippen molar-refractivity contribution in [1.82, 2.24) is 4.90 Å². The van der Waals surface area contributed by atoms with E-state index in [4.69, 9.17) is 9.47 Å². The Labute approximate surface area is 163 Å². The fourth-order valence-electron chi connectivity index (χ4n) is 2.34. The van der Waals surface area contributed by atoms with Gasteiger partial charge in [0.1, 0.15) is 11.5 Å². The molecule has 0 aromatic heterocycles. The van der Waals surface area contributed by atoms with E-state index in [-0.39, 0.29) is 30.9 Å². The molecule has 0 aliphatic heterocycles. The molecule has 148 valence electrons. The lowest BCUT2D eigenvalue weighted by Crippen LogP contribution is -2.37. The second-order valence-corrected chi connectivity index (χ2v) is 6.00. The van der Waals surface area contributed by atoms with Gasteiger partial charge in [0.2, 0.25) is 11.8 Å². The van der Waals surface area contributed by atoms with Crippen molar-refractivity contribution >= 4 is 29.1 Å². The van der Waals surface area contributed by atoms with Gasteiger partial charge in [-0.2, -0.15) is 0 Å². The molecule has 0 fully saturated rings. The molecule has 0 aliphatic carbocycles. The van der Waals surface area contributed by atoms with Crippen LogP contribution in [-0.4, -0.2) is 49.9 Å². The lowest BCUT2D eigenvalue weighted by Gasteiger charge is -2.18. The molecular formula is C20H23N3O5. The van der Waals surface area contributed by atoms with E-state index in [1.807, 2.05) is 0 Å². The highest BCUT2D eigenvalue weighted by atomic mass is 16.5. The number of nitrogens with zero attached hydrogens (tertiary/aromatic N) is 1. The summed E-state index contributed by atoms with van der Waals surface area (Å²) in [6.07, 6.45) is 0. The van der Waals surface area contributed by atoms with Crippen molar-refractivity contribution in [2.75, 3.05) is 37.9 Å². The summed E-state index contributed by atoms with van der Waals surface area (Å²) in [5.41, 5.74) is 1.05. The highest BCUT2D eigenvalue weighted by molar-refractivity contribution is 5.95. The number of anilines is 2. The van der Waals surface area contributed by atoms with Crippen LogP contribution in [0.1, 0.15) is 6.92 Å². The minimum atomic E-state index is -0.376. The fourth-order valence-corrected chi connectivity index (χ4v) is 2.34. The Kier molecular flexibility index (Phi) is 7.38. The van der Waals surface area contributed by atoms with Gasteiger partial charge in [-0.1, -0.05) is 18.2 Å². The Morgan fingerprint density at radius 3 is 2.50 bits per heavy atom. The first-order valence-electron chi connectivity index (χ1n) is 8.56. The number of ether oxygens (including phenoxy) is 2. The van der Waals surface area contributed by atoms with Gasteiger partial charge in [-0.3, -0.25) is 14.4 Å². The van der Waals surface area contributed by atoms with E-state index < -0.39 is 0 Å². The topological polar surface area (TPSA) is 97.0 Å². The van der Waals surface area contributed by atoms with Crippen LogP contribution in [0, 0.1) is 0 Å². The number of rotatable bonds is 8. The molecule has 0 saturated heterocycles. The zero-order chi connectivity index (χ0) is 20.5. The standard InChI is InChI=1S/C20H23N3O5/c1-14(24)21-17-9-4-5-10-18(17)28-13-20(26)23(2)12-19(25)22-15-7-6-8-16(11-15)27-3/h4-11H,12-13H2,1-3H3,(H,21,24)(H,22,25). The molecule has 0 unspecified atom stereocenters. The Morgan fingerprint density at radius 1 is 1.04 bits per heavy atom. The van der Waals surface area contributed by atoms with E-state index >= 15 is 0 Å². The molecule has 0 heterocycles. The van der Waals surface area contributed by atoms with Crippen molar-refractivity contribution in [3.05, 3.63) is 48.5 Å². The molecule has 0 spiro atoms. The first kappa shape index (κ1) is 20.8. The van der Waals surface area contributed by atoms with Crippen molar-refractivity contribution in [3.8, 4) is 11.5 Å². The van der Waals surface area contributed by atoms with Gasteiger partial charge in [-0.25, -0.2) is 0 Å². The highest BCUT2D eigenvalue weighted by Gasteiger charge is 2.15. The zero-order valence-electron chi connectivity index (χ0n) is 16.0. The van der Waals surface area contributed by atoms with Crippen LogP contribution in [0.15, 0.2) is 48.5 Å². The maximum absolute atomic E-state index is 12.3. The van der Waals surface area contributed by atoms with Crippen LogP contribution in [0.3, 0.4) is 0 Å². The highest BCUT2D eigenvalue weighted by Crippen LogP contribution is 2.23. The average molecular weight is 385 g/mol. The molecule has 0 atom stereocenters. The minimum Gasteiger partial charge on any atom is -0.497 e. The van der Waals surface area contributed by atoms with E-state index in [0.717, 1.165) is 0 Å². The van der Waals surface area contributed by atoms with Gasteiger partial charge in [-0.05, 0) is 24.3 Å². The third kappa shape index (κ3) is 6.31. The summed E-state index contributed by atoms with van der Waals surface area (Å²) in [7, 11) is 3.05. The molecule has 2 rings (SSSR count). The van der Waals surface area contributed by atoms with Crippen molar-refractivity contribution in [2.45, 2.75) is 6.92 Å². The van der Waals surface area contributed by atoms with E-state index in [2.05, 4.69) is 10.6 Å². The SMILES string of the molecule is COc1cccc(NC(=O)CN(C)C(=O)COc2ccccc2NC(C)=O)c1. The first-order valence-corrected chi connectivity index (χ1v) is 8.56. The lowest BCUT2D eigenvalue weighted by molar-refractivity contribution is -0.135. The quantitative estimate of drug-likeness (QED) is 0.726. The Hall–Kier alpha value is -3.55. The van der Waals surface area contributed by atoms with Crippen molar-refractivity contribution < 1.29 is 23.9 Å². The number of hydrogen-bond acceptors (Lipinski definition) is 5. The molecule has 3 amide bonds. The molecule has 0 radical (unpaired) electrons. The van der Waals surface area contributed by atoms with Gasteiger partial charge < -0.3 is 25.0 Å². The zero-order valence-corrected chi connectivity index (χ0v) is 16.0. The molecule has 8 nitrogen and oxygen atoms in total. The van der Waals surface area contributed by atoms with Crippen LogP contribution in [0.5, 0.6) is 11.5 Å². The molecule has 0 saturated carbocycles. The van der Waals surface area contributed by atoms with E-state index in [0.29, 0.717) is 22.9 Å². The summed E-state index contributed by atoms with van der Waals surface area (Å²) in [6, 6.07) is 13.7. The summed E-state index contributed by atoms with van der Waals surface area (Å²) < 4.78 is 10.6. The number of carbonyl (C=O) groups is 3. The number of nitrogens with one attached hydrogen (secondary N) is 2. The van der Waals surface area contributed by atoms with E-state index in [1.54, 1.807) is 48.5 Å². The molecular weight excluding hydrogens is 362 g/mol. The number of benzene rings is 2. The monoisotopic (exact) mass is 385 g/mol. The maximum atomic E-state index is 12.3. The number of carbonyl (C=O) groups excluding carboxylic acids is 3. The molecule has 28 heavy (non-hydrogen) atoms. The van der Waals surface area contributed by atoms with Crippen molar-refractivity contribution in [2.24, 2.45) is 0 Å². The lowest BCUT2D eigenvalue weighted by atomic mass is 10.3. The van der Waals surface area contributed by atoms with E-state index in [1.165, 1.54) is 26.0 Å². The van der Waals surface area contributed by atoms with Crippen molar-refractivity contribution in [3.63, 3.8) is 0 Å². The third-order valence-electron chi connectivity index (χ3n) is 3.71. The van der Waals surface area contributed by atoms with Gasteiger partial charge in [0.25, 0.3) is 5.91 Å². The number of hydrogen-bond donors (Lipinski definition) is 2. The molecule has 2 aromatic rings. The Balaban J connectivity index is 1.87. The largest absolute Gasteiger partial charge is 0.497 e. The maximum Gasteiger partial charge on any atom is 0.260 e. The Morgan fingerprint density at radius 2 is 1.79 bits per heavy atom. The minimum absolute atomic E-state index is 0.132. The smallest absolute Gasteiger partial charge is 0.260 e. The number of amides is 3. The Bertz CT molecular complexity index is 853. The van der Waals surface area contributed by atoms with E-state index in [9.17, 15) is 14.4 Å². The summed E-state index contributed by atoms with van der Waals surface area (Å²) in [5, 5.41) is 5.34. The second-order valence-electron chi connectivity index (χ2n) is 6.00. The first-order chi connectivity index (χ1) is 13.4. The predicted molar refractivity (Wildman–Crippen MR) is 106 cm³/mol. The van der Waals surface area contributed by atoms with Crippen molar-refractivity contribution in [1.29, 1.82) is 0 Å². The number of methoxy groups -OCH3 is 1. The fraction of sp³-hybridized carbons (Fsp3) is 0.250. The molecule has 0 bridgehead atoms. The normalized spacial score (nSPS) is 9.96. The van der Waals surface area contributed by atoms with Gasteiger partial charge in [-0.15, -0.1) is 0 Å². The van der Waals surface area contributed by atoms with Gasteiger partial charge >= 0.3 is 0 Å². The van der Waals surface area contributed by atoms with Crippen LogP contribution in [0.25, 0.3) is 0 Å². The summed E-state index contributed by atoms with van der Waals surface area (Å²) in [5.74, 6) is 0.0311. The van der Waals surface area contributed by atoms with Crippen LogP contribution < -0.4 is 20.1 Å². The summed E-state index contributed by atoms with van der Waals surface area (Å²) in [6.45, 7) is 0.989. The van der Waals surface area contributed by atoms with Crippen LogP contribution in [0.2, 0.25) is 0 Å². The van der Waals surface area contributed by atoms with Gasteiger partial charge in [0.15, 0.2) is 6.61 Å². The second kappa shape index (κ2) is 9.96. The van der Waals surface area contributed by atoms with Crippen LogP contribution >= 0.6 is 0 Å². The molecule has 2 N–H and O–H groups in total. The van der Waals surface area contributed by atoms with Crippen LogP contribution in [0.4, 0.5) is 11.4 Å². The van der Waals surface area contributed by atoms with Gasteiger partial charge in [0.05, 0.1) is 19.3 Å². The average Bonchev–Trinajstić information content (AvgIpc) is 2.66. The predicted octanol–water partition coefficient (Wildman–Crippen LogP) is 2.13. The third-order valence-corrected chi connectivity index (χ3v) is 3.71. The molecule has 0 aliphatic rings. The number of para-hydroxylation sites is 2. The van der Waals surface area contributed by atoms with Gasteiger partial charge in [0, 0.05) is 25.7 Å². The molecule has 8 heteroatoms. The molecule has 2 aromatic carbocycles. The summed E-state index contributed by atoms with van der Waals surface area (Å²) in [4.78, 5) is 36.9. The summed E-state index contributed by atoms with van der Waals surface area (Å²) >= 11 is 0. The number of likely N-dealkylation sites (N-methyl/N-ethyl adjacent to an activating group) is 1. The van der Waals surface area contributed by atoms with Crippen LogP contribution in [-0.2, 0) is 14.4 Å².